The number of carbonyl (C=O) groups is 1. The number of carbonyl (C=O) groups excluding carboxylic acids is 1. The predicted octanol–water partition coefficient (Wildman–Crippen LogP) is 2.67. The van der Waals surface area contributed by atoms with Crippen LogP contribution in [0.5, 0.6) is 0 Å². The Morgan fingerprint density at radius 3 is 2.83 bits per heavy atom. The molecule has 18 heavy (non-hydrogen) atoms. The number of para-hydroxylation sites is 1. The smallest absolute Gasteiger partial charge is 0.243 e. The van der Waals surface area contributed by atoms with E-state index < -0.39 is 5.54 Å². The molecule has 1 amide bonds. The highest BCUT2D eigenvalue weighted by molar-refractivity contribution is 5.88. The van der Waals surface area contributed by atoms with E-state index >= 15 is 0 Å². The van der Waals surface area contributed by atoms with Crippen LogP contribution in [0.25, 0.3) is 0 Å². The van der Waals surface area contributed by atoms with E-state index in [1.165, 1.54) is 6.07 Å². The Morgan fingerprint density at radius 1 is 1.56 bits per heavy atom. The first kappa shape index (κ1) is 12.9. The van der Waals surface area contributed by atoms with Crippen molar-refractivity contribution in [2.45, 2.75) is 38.1 Å². The topological polar surface area (TPSA) is 55.1 Å². The van der Waals surface area contributed by atoms with Gasteiger partial charge in [-0.1, -0.05) is 25.5 Å². The van der Waals surface area contributed by atoms with Crippen molar-refractivity contribution in [1.82, 2.24) is 0 Å². The molecule has 1 aliphatic rings. The van der Waals surface area contributed by atoms with Crippen molar-refractivity contribution in [3.8, 4) is 0 Å². The molecule has 0 spiro atoms. The van der Waals surface area contributed by atoms with Crippen molar-refractivity contribution < 1.29 is 9.18 Å². The summed E-state index contributed by atoms with van der Waals surface area (Å²) in [7, 11) is 0. The van der Waals surface area contributed by atoms with Gasteiger partial charge in [-0.15, -0.1) is 0 Å². The zero-order valence-corrected chi connectivity index (χ0v) is 10.6. The highest BCUT2D eigenvalue weighted by Gasteiger charge is 2.43. The van der Waals surface area contributed by atoms with Crippen LogP contribution in [-0.4, -0.2) is 11.4 Å². The third-order valence-electron chi connectivity index (χ3n) is 3.91. The van der Waals surface area contributed by atoms with Crippen LogP contribution in [0.3, 0.4) is 0 Å². The number of hydrogen-bond donors (Lipinski definition) is 2. The molecule has 2 atom stereocenters. The first-order valence-corrected chi connectivity index (χ1v) is 6.40. The maximum Gasteiger partial charge on any atom is 0.243 e. The maximum atomic E-state index is 13.6. The molecule has 98 valence electrons. The molecular weight excluding hydrogens is 231 g/mol. The van der Waals surface area contributed by atoms with Gasteiger partial charge in [-0.3, -0.25) is 4.79 Å². The van der Waals surface area contributed by atoms with Crippen molar-refractivity contribution in [2.24, 2.45) is 11.7 Å². The summed E-state index contributed by atoms with van der Waals surface area (Å²) < 4.78 is 13.6. The Balaban J connectivity index is 2.23. The number of hydrogen-bond acceptors (Lipinski definition) is 2. The lowest BCUT2D eigenvalue weighted by atomic mass is 9.93. The number of nitrogens with two attached hydrogens (primary N) is 1. The minimum absolute atomic E-state index is 0.349. The maximum absolute atomic E-state index is 13.6. The molecule has 3 nitrogen and oxygen atoms in total. The Morgan fingerprint density at radius 2 is 2.28 bits per heavy atom. The second kappa shape index (κ2) is 4.96. The van der Waals surface area contributed by atoms with E-state index in [9.17, 15) is 9.18 Å². The van der Waals surface area contributed by atoms with Crippen molar-refractivity contribution in [3.63, 3.8) is 0 Å². The fourth-order valence-electron chi connectivity index (χ4n) is 2.72. The molecule has 1 saturated carbocycles. The van der Waals surface area contributed by atoms with Crippen molar-refractivity contribution >= 4 is 11.6 Å². The van der Waals surface area contributed by atoms with Crippen LogP contribution in [0.15, 0.2) is 24.3 Å². The fourth-order valence-corrected chi connectivity index (χ4v) is 2.72. The lowest BCUT2D eigenvalue weighted by Crippen LogP contribution is -2.48. The number of rotatable bonds is 4. The minimum Gasteiger partial charge on any atom is -0.369 e. The van der Waals surface area contributed by atoms with Gasteiger partial charge in [-0.2, -0.15) is 0 Å². The largest absolute Gasteiger partial charge is 0.369 e. The minimum atomic E-state index is -0.789. The Hall–Kier alpha value is -1.58. The summed E-state index contributed by atoms with van der Waals surface area (Å²) in [5.74, 6) is -0.253. The van der Waals surface area contributed by atoms with E-state index in [4.69, 9.17) is 5.73 Å². The van der Waals surface area contributed by atoms with E-state index in [1.807, 2.05) is 0 Å². The van der Waals surface area contributed by atoms with E-state index in [0.29, 0.717) is 24.4 Å². The number of halogens is 1. The van der Waals surface area contributed by atoms with Gasteiger partial charge in [0.05, 0.1) is 5.69 Å². The first-order valence-electron chi connectivity index (χ1n) is 6.40. The SMILES string of the molecule is CCC1CCC(Nc2ccccc2F)(C(N)=O)C1. The monoisotopic (exact) mass is 250 g/mol. The normalized spacial score (nSPS) is 27.1. The van der Waals surface area contributed by atoms with E-state index in [2.05, 4.69) is 12.2 Å². The van der Waals surface area contributed by atoms with Gasteiger partial charge in [0.15, 0.2) is 0 Å². The lowest BCUT2D eigenvalue weighted by molar-refractivity contribution is -0.122. The summed E-state index contributed by atoms with van der Waals surface area (Å²) in [4.78, 5) is 11.7. The van der Waals surface area contributed by atoms with Crippen LogP contribution >= 0.6 is 0 Å². The zero-order valence-electron chi connectivity index (χ0n) is 10.6. The Labute approximate surface area is 107 Å². The standard InChI is InChI=1S/C14H19FN2O/c1-2-10-7-8-14(9-10,13(16)18)17-12-6-4-3-5-11(12)15/h3-6,10,17H,2,7-9H2,1H3,(H2,16,18). The Bertz CT molecular complexity index is 449. The van der Waals surface area contributed by atoms with Crippen molar-refractivity contribution in [3.05, 3.63) is 30.1 Å². The van der Waals surface area contributed by atoms with Crippen LogP contribution < -0.4 is 11.1 Å². The van der Waals surface area contributed by atoms with Crippen LogP contribution in [0.2, 0.25) is 0 Å². The molecule has 4 heteroatoms. The van der Waals surface area contributed by atoms with Gasteiger partial charge in [0.2, 0.25) is 5.91 Å². The molecule has 2 rings (SSSR count). The molecule has 0 radical (unpaired) electrons. The van der Waals surface area contributed by atoms with Crippen LogP contribution in [0.1, 0.15) is 32.6 Å². The molecule has 1 aliphatic carbocycles. The average Bonchev–Trinajstić information content (AvgIpc) is 2.77. The number of benzene rings is 1. The third kappa shape index (κ3) is 2.33. The third-order valence-corrected chi connectivity index (χ3v) is 3.91. The van der Waals surface area contributed by atoms with E-state index in [1.54, 1.807) is 18.2 Å². The first-order chi connectivity index (χ1) is 8.57. The molecule has 1 aromatic carbocycles. The highest BCUT2D eigenvalue weighted by Crippen LogP contribution is 2.39. The molecule has 3 N–H and O–H groups in total. The summed E-state index contributed by atoms with van der Waals surface area (Å²) in [6, 6.07) is 6.38. The van der Waals surface area contributed by atoms with E-state index in [0.717, 1.165) is 12.8 Å². The molecular formula is C14H19FN2O. The molecule has 0 bridgehead atoms. The van der Waals surface area contributed by atoms with Gasteiger partial charge in [-0.05, 0) is 37.3 Å². The van der Waals surface area contributed by atoms with Crippen molar-refractivity contribution in [2.75, 3.05) is 5.32 Å². The average molecular weight is 250 g/mol. The highest BCUT2D eigenvalue weighted by atomic mass is 19.1. The predicted molar refractivity (Wildman–Crippen MR) is 69.6 cm³/mol. The number of nitrogens with one attached hydrogen (secondary N) is 1. The summed E-state index contributed by atoms with van der Waals surface area (Å²) in [6.07, 6.45) is 3.34. The number of primary amides is 1. The van der Waals surface area contributed by atoms with Gasteiger partial charge in [0.1, 0.15) is 11.4 Å². The van der Waals surface area contributed by atoms with Gasteiger partial charge < -0.3 is 11.1 Å². The zero-order chi connectivity index (χ0) is 13.2. The molecule has 0 aromatic heterocycles. The van der Waals surface area contributed by atoms with Gasteiger partial charge in [-0.25, -0.2) is 4.39 Å². The summed E-state index contributed by atoms with van der Waals surface area (Å²) in [5, 5.41) is 3.04. The molecule has 0 heterocycles. The lowest BCUT2D eigenvalue weighted by Gasteiger charge is -2.28. The summed E-state index contributed by atoms with van der Waals surface area (Å²) in [6.45, 7) is 2.10. The molecule has 0 aliphatic heterocycles. The van der Waals surface area contributed by atoms with Crippen LogP contribution in [0.4, 0.5) is 10.1 Å². The van der Waals surface area contributed by atoms with Crippen LogP contribution in [-0.2, 0) is 4.79 Å². The van der Waals surface area contributed by atoms with Crippen LogP contribution in [0, 0.1) is 11.7 Å². The summed E-state index contributed by atoms with van der Waals surface area (Å²) in [5.41, 5.74) is 5.09. The van der Waals surface area contributed by atoms with Gasteiger partial charge in [0, 0.05) is 0 Å². The quantitative estimate of drug-likeness (QED) is 0.863. The Kier molecular flexibility index (Phi) is 3.55. The van der Waals surface area contributed by atoms with Crippen molar-refractivity contribution in [1.29, 1.82) is 0 Å². The second-order valence-electron chi connectivity index (χ2n) is 5.07. The number of amides is 1. The second-order valence-corrected chi connectivity index (χ2v) is 5.07. The summed E-state index contributed by atoms with van der Waals surface area (Å²) >= 11 is 0. The van der Waals surface area contributed by atoms with E-state index in [-0.39, 0.29) is 11.7 Å². The molecule has 1 aromatic rings. The number of anilines is 1. The molecule has 2 unspecified atom stereocenters. The molecule has 0 saturated heterocycles. The van der Waals surface area contributed by atoms with Gasteiger partial charge in [0.25, 0.3) is 0 Å². The fraction of sp³-hybridized carbons (Fsp3) is 0.500. The molecule has 1 fully saturated rings. The van der Waals surface area contributed by atoms with Gasteiger partial charge >= 0.3 is 0 Å².